The molecule has 7 nitrogen and oxygen atoms in total. The fourth-order valence-electron chi connectivity index (χ4n) is 3.27. The van der Waals surface area contributed by atoms with Crippen molar-refractivity contribution in [3.63, 3.8) is 0 Å². The number of aromatic nitrogens is 1. The van der Waals surface area contributed by atoms with Crippen molar-refractivity contribution in [1.29, 1.82) is 0 Å². The fourth-order valence-corrected chi connectivity index (χ4v) is 5.03. The van der Waals surface area contributed by atoms with Crippen LogP contribution in [0.25, 0.3) is 10.9 Å². The Morgan fingerprint density at radius 3 is 2.50 bits per heavy atom. The predicted molar refractivity (Wildman–Crippen MR) is 120 cm³/mol. The molecule has 160 valence electrons. The van der Waals surface area contributed by atoms with Gasteiger partial charge in [-0.05, 0) is 61.4 Å². The maximum absolute atomic E-state index is 13.4. The Hall–Kier alpha value is -2.36. The van der Waals surface area contributed by atoms with Crippen LogP contribution in [0.1, 0.15) is 32.1 Å². The summed E-state index contributed by atoms with van der Waals surface area (Å²) in [4.78, 5) is 14.4. The number of halogens is 1. The number of carbonyl (C=O) groups excluding carboxylic acids is 1. The number of hydrogen-bond donors (Lipinski definition) is 3. The smallest absolute Gasteiger partial charge is 0.264 e. The number of rotatable bonds is 10. The summed E-state index contributed by atoms with van der Waals surface area (Å²) >= 11 is 3.34. The average Bonchev–Trinajstić information content (AvgIpc) is 3.21. The van der Waals surface area contributed by atoms with Crippen molar-refractivity contribution >= 4 is 48.5 Å². The molecule has 9 heteroatoms. The molecule has 0 spiro atoms. The predicted octanol–water partition coefficient (Wildman–Crippen LogP) is 4.58. The van der Waals surface area contributed by atoms with Crippen molar-refractivity contribution < 1.29 is 18.4 Å². The van der Waals surface area contributed by atoms with Gasteiger partial charge in [0.2, 0.25) is 5.91 Å². The van der Waals surface area contributed by atoms with Gasteiger partial charge in [-0.1, -0.05) is 28.8 Å². The van der Waals surface area contributed by atoms with Gasteiger partial charge in [-0.25, -0.2) is 13.9 Å². The lowest BCUT2D eigenvalue weighted by Crippen LogP contribution is -2.32. The number of sulfonamides is 1. The Balaban J connectivity index is 1.78. The first-order chi connectivity index (χ1) is 14.4. The van der Waals surface area contributed by atoms with E-state index >= 15 is 0 Å². The van der Waals surface area contributed by atoms with Crippen LogP contribution >= 0.6 is 15.9 Å². The number of amides is 1. The Kier molecular flexibility index (Phi) is 7.52. The van der Waals surface area contributed by atoms with Crippen molar-refractivity contribution in [3.8, 4) is 0 Å². The van der Waals surface area contributed by atoms with E-state index in [-0.39, 0.29) is 11.3 Å². The summed E-state index contributed by atoms with van der Waals surface area (Å²) in [7, 11) is -3.73. The molecule has 0 aliphatic carbocycles. The lowest BCUT2D eigenvalue weighted by Gasteiger charge is -2.25. The van der Waals surface area contributed by atoms with E-state index < -0.39 is 15.9 Å². The van der Waals surface area contributed by atoms with E-state index in [1.165, 1.54) is 4.31 Å². The lowest BCUT2D eigenvalue weighted by molar-refractivity contribution is -0.129. The molecule has 1 aromatic heterocycles. The van der Waals surface area contributed by atoms with E-state index in [0.717, 1.165) is 28.2 Å². The number of aromatic amines is 1. The first kappa shape index (κ1) is 22.3. The molecule has 3 rings (SSSR count). The van der Waals surface area contributed by atoms with Crippen LogP contribution in [0, 0.1) is 0 Å². The van der Waals surface area contributed by atoms with E-state index in [2.05, 4.69) is 20.9 Å². The van der Waals surface area contributed by atoms with Gasteiger partial charge in [0.15, 0.2) is 0 Å². The maximum Gasteiger partial charge on any atom is 0.264 e. The first-order valence-electron chi connectivity index (χ1n) is 9.70. The summed E-state index contributed by atoms with van der Waals surface area (Å²) in [5, 5.41) is 9.48. The number of hydrogen-bond acceptors (Lipinski definition) is 4. The molecule has 3 aromatic rings. The summed E-state index contributed by atoms with van der Waals surface area (Å²) < 4.78 is 29.0. The number of fused-ring (bicyclic) bond motifs is 1. The van der Waals surface area contributed by atoms with Gasteiger partial charge in [-0.2, -0.15) is 0 Å². The van der Waals surface area contributed by atoms with Gasteiger partial charge >= 0.3 is 0 Å². The Labute approximate surface area is 184 Å². The molecule has 1 amide bonds. The van der Waals surface area contributed by atoms with Gasteiger partial charge in [-0.3, -0.25) is 14.3 Å². The summed E-state index contributed by atoms with van der Waals surface area (Å²) in [5.74, 6) is -0.408. The van der Waals surface area contributed by atoms with Crippen LogP contribution in [0.4, 0.5) is 5.69 Å². The van der Waals surface area contributed by atoms with Crippen molar-refractivity contribution in [3.05, 3.63) is 59.2 Å². The highest BCUT2D eigenvalue weighted by molar-refractivity contribution is 9.10. The molecular weight excluding hydrogens is 470 g/mol. The number of H-pyrrole nitrogens is 1. The van der Waals surface area contributed by atoms with Crippen molar-refractivity contribution in [1.82, 2.24) is 10.5 Å². The minimum atomic E-state index is -3.73. The van der Waals surface area contributed by atoms with Gasteiger partial charge in [0.1, 0.15) is 0 Å². The molecule has 0 radical (unpaired) electrons. The largest absolute Gasteiger partial charge is 0.361 e. The van der Waals surface area contributed by atoms with Gasteiger partial charge in [0.25, 0.3) is 10.0 Å². The molecule has 0 unspecified atom stereocenters. The number of nitrogens with zero attached hydrogens (tertiary/aromatic N) is 1. The molecular formula is C21H24BrN3O4S. The summed E-state index contributed by atoms with van der Waals surface area (Å²) in [6.07, 6.45) is 4.92. The Bertz CT molecular complexity index is 1100. The van der Waals surface area contributed by atoms with Gasteiger partial charge in [0, 0.05) is 34.5 Å². The second-order valence-corrected chi connectivity index (χ2v) is 9.76. The van der Waals surface area contributed by atoms with Crippen LogP contribution in [0.5, 0.6) is 0 Å². The molecule has 0 aliphatic rings. The normalized spacial score (nSPS) is 11.5. The second-order valence-electron chi connectivity index (χ2n) is 6.98. The summed E-state index contributed by atoms with van der Waals surface area (Å²) in [6.45, 7) is 0.334. The monoisotopic (exact) mass is 493 g/mol. The Morgan fingerprint density at radius 2 is 1.77 bits per heavy atom. The third kappa shape index (κ3) is 5.41. The number of unbranched alkanes of at least 4 members (excludes halogenated alkanes) is 3. The second kappa shape index (κ2) is 10.1. The zero-order chi connectivity index (χ0) is 21.6. The highest BCUT2D eigenvalue weighted by Gasteiger charge is 2.25. The molecule has 1 heterocycles. The molecule has 3 N–H and O–H groups in total. The standard InChI is InChI=1S/C21H24BrN3O4S/c22-17-6-9-19(10-7-17)30(28,29)25(14-4-2-1-3-5-21(26)24-27)18-8-11-20-16(15-18)12-13-23-20/h6-13,15,23,27H,1-5,14H2,(H,24,26). The Morgan fingerprint density at radius 1 is 1.03 bits per heavy atom. The third-order valence-corrected chi connectivity index (χ3v) is 7.24. The maximum atomic E-state index is 13.4. The van der Waals surface area contributed by atoms with E-state index in [4.69, 9.17) is 5.21 Å². The van der Waals surface area contributed by atoms with Crippen molar-refractivity contribution in [2.45, 2.75) is 37.0 Å². The van der Waals surface area contributed by atoms with Crippen LogP contribution in [-0.4, -0.2) is 31.1 Å². The van der Waals surface area contributed by atoms with Crippen molar-refractivity contribution in [2.24, 2.45) is 0 Å². The third-order valence-electron chi connectivity index (χ3n) is 4.87. The van der Waals surface area contributed by atoms with E-state index in [9.17, 15) is 13.2 Å². The van der Waals surface area contributed by atoms with E-state index in [1.807, 2.05) is 24.4 Å². The van der Waals surface area contributed by atoms with Crippen LogP contribution in [0.2, 0.25) is 0 Å². The van der Waals surface area contributed by atoms with Crippen LogP contribution in [0.15, 0.2) is 64.1 Å². The molecule has 2 aromatic carbocycles. The van der Waals surface area contributed by atoms with Crippen molar-refractivity contribution in [2.75, 3.05) is 10.8 Å². The van der Waals surface area contributed by atoms with Crippen LogP contribution < -0.4 is 9.79 Å². The molecule has 30 heavy (non-hydrogen) atoms. The van der Waals surface area contributed by atoms with Crippen LogP contribution in [0.3, 0.4) is 0 Å². The van der Waals surface area contributed by atoms with Gasteiger partial charge in [0.05, 0.1) is 10.6 Å². The minimum Gasteiger partial charge on any atom is -0.361 e. The zero-order valence-corrected chi connectivity index (χ0v) is 18.7. The molecule has 0 saturated heterocycles. The minimum absolute atomic E-state index is 0.236. The number of carbonyl (C=O) groups is 1. The fraction of sp³-hybridized carbons (Fsp3) is 0.286. The summed E-state index contributed by atoms with van der Waals surface area (Å²) in [5.41, 5.74) is 3.18. The van der Waals surface area contributed by atoms with Gasteiger partial charge in [-0.15, -0.1) is 0 Å². The lowest BCUT2D eigenvalue weighted by atomic mass is 10.1. The van der Waals surface area contributed by atoms with Gasteiger partial charge < -0.3 is 4.98 Å². The topological polar surface area (TPSA) is 103 Å². The molecule has 0 fully saturated rings. The molecule has 0 bridgehead atoms. The zero-order valence-electron chi connectivity index (χ0n) is 16.3. The SMILES string of the molecule is O=C(CCCCCCN(c1ccc2[nH]ccc2c1)S(=O)(=O)c1ccc(Br)cc1)NO. The summed E-state index contributed by atoms with van der Waals surface area (Å²) in [6, 6.07) is 14.1. The molecule has 0 atom stereocenters. The van der Waals surface area contributed by atoms with Crippen LogP contribution in [-0.2, 0) is 14.8 Å². The molecule has 0 aliphatic heterocycles. The number of hydroxylamine groups is 1. The number of anilines is 1. The molecule has 0 saturated carbocycles. The van der Waals surface area contributed by atoms with E-state index in [1.54, 1.807) is 35.8 Å². The average molecular weight is 494 g/mol. The highest BCUT2D eigenvalue weighted by atomic mass is 79.9. The number of nitrogens with one attached hydrogen (secondary N) is 2. The number of benzene rings is 2. The highest BCUT2D eigenvalue weighted by Crippen LogP contribution is 2.28. The quantitative estimate of drug-likeness (QED) is 0.218. The first-order valence-corrected chi connectivity index (χ1v) is 11.9. The van der Waals surface area contributed by atoms with E-state index in [0.29, 0.717) is 25.1 Å².